The van der Waals surface area contributed by atoms with Crippen LogP contribution >= 0.6 is 0 Å². The smallest absolute Gasteiger partial charge is 0.215 e. The molecule has 0 aliphatic heterocycles. The van der Waals surface area contributed by atoms with Crippen molar-refractivity contribution in [2.24, 2.45) is 7.05 Å². The highest BCUT2D eigenvalue weighted by Gasteiger charge is 2.41. The molecule has 0 saturated heterocycles. The monoisotopic (exact) mass is 479 g/mol. The van der Waals surface area contributed by atoms with Gasteiger partial charge < -0.3 is 4.57 Å². The van der Waals surface area contributed by atoms with Crippen molar-refractivity contribution in [2.45, 2.75) is 0 Å². The van der Waals surface area contributed by atoms with Crippen molar-refractivity contribution in [3.8, 4) is 0 Å². The predicted octanol–water partition coefficient (Wildman–Crippen LogP) is 4.36. The van der Waals surface area contributed by atoms with E-state index in [4.69, 9.17) is 4.98 Å². The Morgan fingerprint density at radius 2 is 1.03 bits per heavy atom. The SMILES string of the molecule is Cn1c2ccc([Si](c3ccccc3)(c3ccccc3)c3ccccc3)cc2n2c3ccccc3nc12. The van der Waals surface area contributed by atoms with Gasteiger partial charge in [-0.2, -0.15) is 0 Å². The summed E-state index contributed by atoms with van der Waals surface area (Å²) in [5.74, 6) is 0.967. The van der Waals surface area contributed by atoms with Crippen molar-refractivity contribution in [1.82, 2.24) is 14.0 Å². The second kappa shape index (κ2) is 8.07. The van der Waals surface area contributed by atoms with Gasteiger partial charge in [0.1, 0.15) is 0 Å². The van der Waals surface area contributed by atoms with Crippen LogP contribution < -0.4 is 20.7 Å². The summed E-state index contributed by atoms with van der Waals surface area (Å²) in [5, 5.41) is 5.50. The van der Waals surface area contributed by atoms with Crippen molar-refractivity contribution < 1.29 is 0 Å². The van der Waals surface area contributed by atoms with Crippen molar-refractivity contribution >= 4 is 56.7 Å². The number of imidazole rings is 2. The lowest BCUT2D eigenvalue weighted by Gasteiger charge is -2.34. The first-order chi connectivity index (χ1) is 17.8. The van der Waals surface area contributed by atoms with E-state index in [0.29, 0.717) is 0 Å². The standard InChI is InChI=1S/C32H25N3Si/c1-34-30-22-21-27(23-31(30)35-29-20-12-11-19-28(29)33-32(34)35)36(24-13-5-2-6-14-24,25-15-7-3-8-16-25)26-17-9-4-10-18-26/h2-23H,1H3. The third kappa shape index (κ3) is 2.88. The number of rotatable bonds is 4. The van der Waals surface area contributed by atoms with Gasteiger partial charge in [-0.1, -0.05) is 109 Å². The van der Waals surface area contributed by atoms with Crippen LogP contribution in [0.3, 0.4) is 0 Å². The summed E-state index contributed by atoms with van der Waals surface area (Å²) in [6, 6.07) is 48.7. The van der Waals surface area contributed by atoms with E-state index in [1.807, 2.05) is 0 Å². The van der Waals surface area contributed by atoms with Crippen LogP contribution in [0.2, 0.25) is 0 Å². The van der Waals surface area contributed by atoms with Crippen molar-refractivity contribution in [1.29, 1.82) is 0 Å². The van der Waals surface area contributed by atoms with Gasteiger partial charge in [0.25, 0.3) is 0 Å². The molecule has 0 saturated carbocycles. The maximum absolute atomic E-state index is 4.96. The second-order valence-corrected chi connectivity index (χ2v) is 13.2. The number of fused-ring (bicyclic) bond motifs is 5. The highest BCUT2D eigenvalue weighted by atomic mass is 28.3. The molecular weight excluding hydrogens is 454 g/mol. The molecule has 5 aromatic carbocycles. The van der Waals surface area contributed by atoms with Crippen LogP contribution in [0, 0.1) is 0 Å². The first kappa shape index (κ1) is 20.9. The zero-order chi connectivity index (χ0) is 24.1. The number of hydrogen-bond donors (Lipinski definition) is 0. The largest absolute Gasteiger partial charge is 0.313 e. The van der Waals surface area contributed by atoms with Crippen LogP contribution in [0.4, 0.5) is 0 Å². The topological polar surface area (TPSA) is 22.2 Å². The molecule has 172 valence electrons. The van der Waals surface area contributed by atoms with Crippen molar-refractivity contribution in [3.05, 3.63) is 133 Å². The van der Waals surface area contributed by atoms with Crippen molar-refractivity contribution in [3.63, 3.8) is 0 Å². The summed E-state index contributed by atoms with van der Waals surface area (Å²) in [7, 11) is -0.475. The molecular formula is C32H25N3Si. The average Bonchev–Trinajstić information content (AvgIpc) is 3.46. The summed E-state index contributed by atoms with van der Waals surface area (Å²) >= 11 is 0. The van der Waals surface area contributed by atoms with E-state index in [1.165, 1.54) is 31.8 Å². The first-order valence-corrected chi connectivity index (χ1v) is 14.3. The van der Waals surface area contributed by atoms with E-state index in [9.17, 15) is 0 Å². The lowest BCUT2D eigenvalue weighted by Crippen LogP contribution is -2.74. The summed E-state index contributed by atoms with van der Waals surface area (Å²) in [6.45, 7) is 0. The zero-order valence-electron chi connectivity index (χ0n) is 20.0. The maximum atomic E-state index is 4.96. The fraction of sp³-hybridized carbons (Fsp3) is 0.0312. The molecule has 0 amide bonds. The van der Waals surface area contributed by atoms with Gasteiger partial charge in [-0.3, -0.25) is 4.40 Å². The molecule has 7 aromatic rings. The summed E-state index contributed by atoms with van der Waals surface area (Å²) in [6.07, 6.45) is 0. The highest BCUT2D eigenvalue weighted by Crippen LogP contribution is 2.25. The van der Waals surface area contributed by atoms with Gasteiger partial charge >= 0.3 is 0 Å². The molecule has 0 spiro atoms. The van der Waals surface area contributed by atoms with Gasteiger partial charge in [0.2, 0.25) is 5.78 Å². The Kier molecular flexibility index (Phi) is 4.69. The molecule has 0 aliphatic rings. The summed E-state index contributed by atoms with van der Waals surface area (Å²) in [4.78, 5) is 4.96. The van der Waals surface area contributed by atoms with Crippen molar-refractivity contribution in [2.75, 3.05) is 0 Å². The molecule has 0 radical (unpaired) electrons. The second-order valence-electron chi connectivity index (χ2n) is 9.35. The van der Waals surface area contributed by atoms with Gasteiger partial charge in [0, 0.05) is 7.05 Å². The third-order valence-electron chi connectivity index (χ3n) is 7.47. The molecule has 0 fully saturated rings. The van der Waals surface area contributed by atoms with Gasteiger partial charge in [-0.25, -0.2) is 4.98 Å². The van der Waals surface area contributed by atoms with Crippen LogP contribution in [-0.2, 0) is 7.05 Å². The Labute approximate surface area is 210 Å². The van der Waals surface area contributed by atoms with Gasteiger partial charge in [0.05, 0.1) is 22.1 Å². The Morgan fingerprint density at radius 1 is 0.500 bits per heavy atom. The number of hydrogen-bond acceptors (Lipinski definition) is 1. The molecule has 0 N–H and O–H groups in total. The van der Waals surface area contributed by atoms with E-state index in [1.54, 1.807) is 0 Å². The van der Waals surface area contributed by atoms with E-state index >= 15 is 0 Å². The third-order valence-corrected chi connectivity index (χ3v) is 12.2. The molecule has 0 aliphatic carbocycles. The van der Waals surface area contributed by atoms with Gasteiger partial charge in [-0.15, -0.1) is 0 Å². The zero-order valence-corrected chi connectivity index (χ0v) is 21.0. The Bertz CT molecular complexity index is 1740. The fourth-order valence-electron chi connectivity index (χ4n) is 5.87. The molecule has 36 heavy (non-hydrogen) atoms. The minimum Gasteiger partial charge on any atom is -0.313 e. The number of nitrogens with zero attached hydrogens (tertiary/aromatic N) is 3. The number of benzene rings is 5. The molecule has 0 bridgehead atoms. The van der Waals surface area contributed by atoms with E-state index in [0.717, 1.165) is 16.8 Å². The Hall–Kier alpha value is -4.41. The minimum absolute atomic E-state index is 0.967. The van der Waals surface area contributed by atoms with Gasteiger partial charge in [-0.05, 0) is 45.0 Å². The lowest BCUT2D eigenvalue weighted by atomic mass is 10.3. The molecule has 2 aromatic heterocycles. The average molecular weight is 480 g/mol. The van der Waals surface area contributed by atoms with Crippen LogP contribution in [0.25, 0.3) is 27.8 Å². The molecule has 2 heterocycles. The molecule has 4 heteroatoms. The molecule has 0 atom stereocenters. The van der Waals surface area contributed by atoms with Gasteiger partial charge in [0.15, 0.2) is 8.07 Å². The van der Waals surface area contributed by atoms with Crippen LogP contribution in [0.1, 0.15) is 0 Å². The predicted molar refractivity (Wildman–Crippen MR) is 153 cm³/mol. The van der Waals surface area contributed by atoms with E-state index < -0.39 is 8.07 Å². The van der Waals surface area contributed by atoms with E-state index in [-0.39, 0.29) is 0 Å². The summed E-state index contributed by atoms with van der Waals surface area (Å²) < 4.78 is 4.52. The van der Waals surface area contributed by atoms with Crippen LogP contribution in [0.15, 0.2) is 133 Å². The maximum Gasteiger partial charge on any atom is 0.215 e. The highest BCUT2D eigenvalue weighted by molar-refractivity contribution is 7.20. The number of aromatic nitrogens is 3. The van der Waals surface area contributed by atoms with Crippen LogP contribution in [0.5, 0.6) is 0 Å². The van der Waals surface area contributed by atoms with E-state index in [2.05, 4.69) is 149 Å². The molecule has 3 nitrogen and oxygen atoms in total. The summed E-state index contributed by atoms with van der Waals surface area (Å²) in [5.41, 5.74) is 4.54. The Balaban J connectivity index is 1.64. The lowest BCUT2D eigenvalue weighted by molar-refractivity contribution is 0.974. The Morgan fingerprint density at radius 3 is 1.61 bits per heavy atom. The number of para-hydroxylation sites is 2. The molecule has 7 rings (SSSR count). The quantitative estimate of drug-likeness (QED) is 0.272. The minimum atomic E-state index is -2.59. The van der Waals surface area contributed by atoms with Crippen LogP contribution in [-0.4, -0.2) is 22.0 Å². The fourth-order valence-corrected chi connectivity index (χ4v) is 10.6. The number of aryl methyl sites for hydroxylation is 1. The normalized spacial score (nSPS) is 12.0. The first-order valence-electron chi connectivity index (χ1n) is 12.3. The molecule has 0 unspecified atom stereocenters.